The van der Waals surface area contributed by atoms with Crippen LogP contribution in [0.2, 0.25) is 0 Å². The van der Waals surface area contributed by atoms with Gasteiger partial charge in [0.15, 0.2) is 0 Å². The molecule has 2 fully saturated rings. The van der Waals surface area contributed by atoms with Crippen molar-refractivity contribution in [1.82, 2.24) is 21.0 Å². The molecule has 0 bridgehead atoms. The first-order valence-corrected chi connectivity index (χ1v) is 11.5. The van der Waals surface area contributed by atoms with Crippen molar-refractivity contribution in [2.24, 2.45) is 11.0 Å². The van der Waals surface area contributed by atoms with E-state index in [1.165, 1.54) is 0 Å². The van der Waals surface area contributed by atoms with Gasteiger partial charge in [-0.1, -0.05) is 18.2 Å². The Labute approximate surface area is 186 Å². The molecule has 3 heterocycles. The van der Waals surface area contributed by atoms with Gasteiger partial charge in [0.2, 0.25) is 5.91 Å². The predicted octanol–water partition coefficient (Wildman–Crippen LogP) is 2.71. The molecule has 1 aromatic rings. The number of ether oxygens (including phenoxy) is 1. The van der Waals surface area contributed by atoms with Gasteiger partial charge >= 0.3 is 6.03 Å². The number of carbonyl (C=O) groups excluding carboxylic acids is 2. The molecule has 166 valence electrons. The van der Waals surface area contributed by atoms with E-state index in [2.05, 4.69) is 21.2 Å². The van der Waals surface area contributed by atoms with Gasteiger partial charge in [0.25, 0.3) is 0 Å². The molecule has 0 aromatic heterocycles. The molecule has 1 saturated carbocycles. The molecule has 1 spiro atoms. The number of urea groups is 1. The van der Waals surface area contributed by atoms with Crippen LogP contribution in [0.3, 0.4) is 0 Å². The second-order valence-corrected chi connectivity index (χ2v) is 9.33. The fraction of sp³-hybridized carbons (Fsp3) is 0.458. The summed E-state index contributed by atoms with van der Waals surface area (Å²) in [6, 6.07) is 7.54. The van der Waals surface area contributed by atoms with Crippen LogP contribution in [0.25, 0.3) is 0 Å². The van der Waals surface area contributed by atoms with E-state index in [0.29, 0.717) is 13.0 Å². The molecule has 3 amide bonds. The molecular weight excluding hydrogens is 406 g/mol. The summed E-state index contributed by atoms with van der Waals surface area (Å²) >= 11 is 0. The first-order chi connectivity index (χ1) is 15.6. The molecule has 3 unspecified atom stereocenters. The minimum Gasteiger partial charge on any atom is -0.487 e. The van der Waals surface area contributed by atoms with Crippen LogP contribution in [0.5, 0.6) is 5.75 Å². The zero-order valence-electron chi connectivity index (χ0n) is 17.8. The number of hydrazone groups is 1. The minimum atomic E-state index is -0.250. The highest BCUT2D eigenvalue weighted by molar-refractivity contribution is 5.83. The third kappa shape index (κ3) is 3.25. The average Bonchev–Trinajstić information content (AvgIpc) is 3.41. The van der Waals surface area contributed by atoms with Gasteiger partial charge in [-0.2, -0.15) is 5.10 Å². The third-order valence-electron chi connectivity index (χ3n) is 7.27. The van der Waals surface area contributed by atoms with Crippen LogP contribution in [0.1, 0.15) is 50.1 Å². The SMILES string of the molecule is O=C(NC1=CC(N2CCCC2=O)=CC2NN=CC12)NC1CC2(CCC2)Oc2ccccc21. The Balaban J connectivity index is 1.21. The van der Waals surface area contributed by atoms with Crippen molar-refractivity contribution in [1.29, 1.82) is 0 Å². The summed E-state index contributed by atoms with van der Waals surface area (Å²) in [5.41, 5.74) is 5.51. The maximum absolute atomic E-state index is 13.1. The van der Waals surface area contributed by atoms with Crippen molar-refractivity contribution in [2.45, 2.75) is 56.2 Å². The first kappa shape index (κ1) is 19.4. The number of amides is 3. The van der Waals surface area contributed by atoms with Crippen molar-refractivity contribution < 1.29 is 14.3 Å². The van der Waals surface area contributed by atoms with E-state index in [4.69, 9.17) is 4.74 Å². The summed E-state index contributed by atoms with van der Waals surface area (Å²) in [5, 5.41) is 10.4. The summed E-state index contributed by atoms with van der Waals surface area (Å²) in [7, 11) is 0. The van der Waals surface area contributed by atoms with Gasteiger partial charge in [-0.3, -0.25) is 4.79 Å². The molecule has 6 rings (SSSR count). The van der Waals surface area contributed by atoms with E-state index in [-0.39, 0.29) is 35.5 Å². The van der Waals surface area contributed by atoms with E-state index in [0.717, 1.165) is 54.8 Å². The zero-order chi connectivity index (χ0) is 21.7. The molecule has 5 aliphatic rings. The molecule has 3 N–H and O–H groups in total. The van der Waals surface area contributed by atoms with Crippen molar-refractivity contribution in [3.63, 3.8) is 0 Å². The van der Waals surface area contributed by atoms with Crippen LogP contribution in [0, 0.1) is 5.92 Å². The lowest BCUT2D eigenvalue weighted by Gasteiger charge is -2.48. The molecule has 1 aromatic carbocycles. The van der Waals surface area contributed by atoms with Crippen molar-refractivity contribution in [3.8, 4) is 5.75 Å². The number of hydrogen-bond acceptors (Lipinski definition) is 5. The molecule has 3 atom stereocenters. The third-order valence-corrected chi connectivity index (χ3v) is 7.27. The fourth-order valence-corrected chi connectivity index (χ4v) is 5.44. The Morgan fingerprint density at radius 2 is 2.12 bits per heavy atom. The number of carbonyl (C=O) groups is 2. The summed E-state index contributed by atoms with van der Waals surface area (Å²) in [6.45, 7) is 0.708. The second kappa shape index (κ2) is 7.39. The molecule has 8 heteroatoms. The maximum Gasteiger partial charge on any atom is 0.319 e. The maximum atomic E-state index is 13.1. The average molecular weight is 434 g/mol. The Kier molecular flexibility index (Phi) is 4.48. The lowest BCUT2D eigenvalue weighted by molar-refractivity contribution is -0.125. The number of para-hydroxylation sites is 1. The molecule has 0 radical (unpaired) electrons. The van der Waals surface area contributed by atoms with Crippen molar-refractivity contribution in [2.75, 3.05) is 6.54 Å². The Bertz CT molecular complexity index is 1060. The van der Waals surface area contributed by atoms with Gasteiger partial charge in [-0.25, -0.2) is 4.79 Å². The summed E-state index contributed by atoms with van der Waals surface area (Å²) < 4.78 is 6.30. The highest BCUT2D eigenvalue weighted by Crippen LogP contribution is 2.48. The highest BCUT2D eigenvalue weighted by Gasteiger charge is 2.46. The molecule has 2 aliphatic carbocycles. The number of rotatable bonds is 3. The van der Waals surface area contributed by atoms with E-state index < -0.39 is 0 Å². The largest absolute Gasteiger partial charge is 0.487 e. The van der Waals surface area contributed by atoms with Gasteiger partial charge in [-0.15, -0.1) is 0 Å². The second-order valence-electron chi connectivity index (χ2n) is 9.33. The predicted molar refractivity (Wildman–Crippen MR) is 119 cm³/mol. The van der Waals surface area contributed by atoms with Crippen LogP contribution in [-0.4, -0.2) is 41.2 Å². The summed E-state index contributed by atoms with van der Waals surface area (Å²) in [6.07, 6.45) is 11.2. The van der Waals surface area contributed by atoms with Gasteiger partial charge in [-0.05, 0) is 43.9 Å². The number of hydrogen-bond donors (Lipinski definition) is 3. The van der Waals surface area contributed by atoms with Crippen molar-refractivity contribution >= 4 is 18.2 Å². The van der Waals surface area contributed by atoms with Crippen LogP contribution in [-0.2, 0) is 4.79 Å². The van der Waals surface area contributed by atoms with E-state index in [1.54, 1.807) is 4.90 Å². The quantitative estimate of drug-likeness (QED) is 0.683. The van der Waals surface area contributed by atoms with Gasteiger partial charge in [0.05, 0.1) is 18.0 Å². The lowest BCUT2D eigenvalue weighted by Crippen LogP contribution is -2.51. The molecule has 3 aliphatic heterocycles. The van der Waals surface area contributed by atoms with Gasteiger partial charge in [0.1, 0.15) is 11.4 Å². The molecular formula is C24H27N5O3. The van der Waals surface area contributed by atoms with Crippen LogP contribution in [0.15, 0.2) is 52.9 Å². The molecule has 1 saturated heterocycles. The Morgan fingerprint density at radius 1 is 1.25 bits per heavy atom. The smallest absolute Gasteiger partial charge is 0.319 e. The fourth-order valence-electron chi connectivity index (χ4n) is 5.44. The van der Waals surface area contributed by atoms with E-state index >= 15 is 0 Å². The van der Waals surface area contributed by atoms with Crippen LogP contribution < -0.4 is 20.8 Å². The van der Waals surface area contributed by atoms with E-state index in [9.17, 15) is 9.59 Å². The number of benzene rings is 1. The van der Waals surface area contributed by atoms with Gasteiger partial charge in [0, 0.05) is 42.6 Å². The number of nitrogens with zero attached hydrogens (tertiary/aromatic N) is 2. The standard InChI is InChI=1S/C24H27N5O3/c30-22-7-3-10-29(22)15-11-18(17-14-25-28-19(17)12-15)26-23(31)27-20-13-24(8-4-9-24)32-21-6-2-1-5-16(20)21/h1-2,5-6,11-12,14,17,19-20,28H,3-4,7-10,13H2,(H2,26,27,31). The van der Waals surface area contributed by atoms with Gasteiger partial charge < -0.3 is 25.7 Å². The zero-order valence-corrected chi connectivity index (χ0v) is 17.8. The lowest BCUT2D eigenvalue weighted by atomic mass is 9.73. The first-order valence-electron chi connectivity index (χ1n) is 11.5. The Morgan fingerprint density at radius 3 is 2.91 bits per heavy atom. The Hall–Kier alpha value is -3.29. The molecule has 8 nitrogen and oxygen atoms in total. The minimum absolute atomic E-state index is 0.0674. The topological polar surface area (TPSA) is 95.1 Å². The monoisotopic (exact) mass is 433 g/mol. The van der Waals surface area contributed by atoms with Crippen LogP contribution >= 0.6 is 0 Å². The summed E-state index contributed by atoms with van der Waals surface area (Å²) in [5.74, 6) is 0.922. The number of allylic oxidation sites excluding steroid dienone is 1. The number of nitrogens with one attached hydrogen (secondary N) is 3. The number of likely N-dealkylation sites (tertiary alicyclic amines) is 1. The number of fused-ring (bicyclic) bond motifs is 2. The van der Waals surface area contributed by atoms with Crippen LogP contribution in [0.4, 0.5) is 4.79 Å². The summed E-state index contributed by atoms with van der Waals surface area (Å²) in [4.78, 5) is 27.2. The normalized spacial score (nSPS) is 29.2. The highest BCUT2D eigenvalue weighted by atomic mass is 16.5. The van der Waals surface area contributed by atoms with Crippen molar-refractivity contribution in [3.05, 3.63) is 53.4 Å². The van der Waals surface area contributed by atoms with E-state index in [1.807, 2.05) is 42.6 Å². The molecule has 32 heavy (non-hydrogen) atoms.